The summed E-state index contributed by atoms with van der Waals surface area (Å²) in [6.07, 6.45) is 68.8. The van der Waals surface area contributed by atoms with Crippen molar-refractivity contribution in [1.29, 1.82) is 0 Å². The van der Waals surface area contributed by atoms with Crippen molar-refractivity contribution in [1.82, 2.24) is 5.32 Å². The SMILES string of the molecule is CC/C=C\C/C=C\C/C=C\C/C=C\C/C=C\C/C=C\C/C=C\C/C=C\C/C=C\CCCCCCCC(=O)NC(CO)C(O)CCCCCCCCCCCC. The normalized spacial score (nSPS) is 14.0. The van der Waals surface area contributed by atoms with Crippen molar-refractivity contribution in [2.75, 3.05) is 6.61 Å². The Bertz CT molecular complexity index is 1090. The Morgan fingerprint density at radius 2 is 0.800 bits per heavy atom. The summed E-state index contributed by atoms with van der Waals surface area (Å²) in [7, 11) is 0. The highest BCUT2D eigenvalue weighted by Crippen LogP contribution is 2.14. The van der Waals surface area contributed by atoms with E-state index in [4.69, 9.17) is 0 Å². The van der Waals surface area contributed by atoms with E-state index in [9.17, 15) is 15.0 Å². The van der Waals surface area contributed by atoms with Crippen molar-refractivity contribution in [3.8, 4) is 0 Å². The number of amides is 1. The zero-order valence-corrected chi connectivity index (χ0v) is 35.6. The van der Waals surface area contributed by atoms with E-state index < -0.39 is 12.1 Å². The number of aliphatic hydroxyl groups is 2. The molecular weight excluding hydrogens is 675 g/mol. The van der Waals surface area contributed by atoms with Gasteiger partial charge in [-0.05, 0) is 83.5 Å². The number of hydrogen-bond acceptors (Lipinski definition) is 3. The Hall–Kier alpha value is -2.95. The molecular formula is C51H85NO3. The van der Waals surface area contributed by atoms with Crippen molar-refractivity contribution in [2.45, 2.75) is 199 Å². The quantitative estimate of drug-likeness (QED) is 0.0432. The highest BCUT2D eigenvalue weighted by atomic mass is 16.3. The van der Waals surface area contributed by atoms with Crippen molar-refractivity contribution in [2.24, 2.45) is 0 Å². The third-order valence-electron chi connectivity index (χ3n) is 9.55. The Balaban J connectivity index is 3.67. The van der Waals surface area contributed by atoms with Gasteiger partial charge in [-0.1, -0.05) is 207 Å². The molecule has 0 rings (SSSR count). The second-order valence-electron chi connectivity index (χ2n) is 14.7. The van der Waals surface area contributed by atoms with Crippen LogP contribution in [0.5, 0.6) is 0 Å². The first-order valence-electron chi connectivity index (χ1n) is 22.6. The van der Waals surface area contributed by atoms with Gasteiger partial charge in [0.25, 0.3) is 0 Å². The van der Waals surface area contributed by atoms with Crippen molar-refractivity contribution in [3.05, 3.63) is 109 Å². The minimum atomic E-state index is -0.673. The van der Waals surface area contributed by atoms with Gasteiger partial charge in [0.15, 0.2) is 0 Å². The van der Waals surface area contributed by atoms with E-state index in [1.165, 1.54) is 64.2 Å². The number of hydrogen-bond donors (Lipinski definition) is 3. The second-order valence-corrected chi connectivity index (χ2v) is 14.7. The van der Waals surface area contributed by atoms with Crippen LogP contribution in [0.3, 0.4) is 0 Å². The molecule has 0 saturated heterocycles. The maximum absolute atomic E-state index is 12.4. The summed E-state index contributed by atoms with van der Waals surface area (Å²) in [4.78, 5) is 12.4. The summed E-state index contributed by atoms with van der Waals surface area (Å²) in [5.74, 6) is -0.0578. The lowest BCUT2D eigenvalue weighted by atomic mass is 10.0. The average Bonchev–Trinajstić information content (AvgIpc) is 3.19. The van der Waals surface area contributed by atoms with Gasteiger partial charge in [-0.2, -0.15) is 0 Å². The maximum atomic E-state index is 12.4. The largest absolute Gasteiger partial charge is 0.394 e. The summed E-state index contributed by atoms with van der Waals surface area (Å²) in [6, 6.07) is -0.553. The van der Waals surface area contributed by atoms with Crippen LogP contribution in [0, 0.1) is 0 Å². The molecule has 4 heteroatoms. The van der Waals surface area contributed by atoms with Gasteiger partial charge in [0.1, 0.15) is 0 Å². The van der Waals surface area contributed by atoms with Crippen LogP contribution < -0.4 is 5.32 Å². The smallest absolute Gasteiger partial charge is 0.220 e. The molecule has 0 aromatic heterocycles. The molecule has 0 aliphatic rings. The van der Waals surface area contributed by atoms with Crippen LogP contribution in [0.1, 0.15) is 187 Å². The minimum Gasteiger partial charge on any atom is -0.394 e. The Labute approximate surface area is 340 Å². The van der Waals surface area contributed by atoms with Gasteiger partial charge < -0.3 is 15.5 Å². The summed E-state index contributed by atoms with van der Waals surface area (Å²) in [5.41, 5.74) is 0. The molecule has 0 bridgehead atoms. The molecule has 2 atom stereocenters. The highest BCUT2D eigenvalue weighted by Gasteiger charge is 2.19. The maximum Gasteiger partial charge on any atom is 0.220 e. The molecule has 0 aromatic carbocycles. The van der Waals surface area contributed by atoms with E-state index in [-0.39, 0.29) is 12.5 Å². The predicted octanol–water partition coefficient (Wildman–Crippen LogP) is 14.4. The molecule has 0 aliphatic carbocycles. The monoisotopic (exact) mass is 760 g/mol. The van der Waals surface area contributed by atoms with E-state index in [0.29, 0.717) is 12.8 Å². The van der Waals surface area contributed by atoms with Gasteiger partial charge in [0.2, 0.25) is 5.91 Å². The van der Waals surface area contributed by atoms with Gasteiger partial charge in [-0.3, -0.25) is 4.79 Å². The fourth-order valence-electron chi connectivity index (χ4n) is 6.12. The summed E-state index contributed by atoms with van der Waals surface area (Å²) < 4.78 is 0. The van der Waals surface area contributed by atoms with Crippen LogP contribution >= 0.6 is 0 Å². The third-order valence-corrected chi connectivity index (χ3v) is 9.55. The van der Waals surface area contributed by atoms with Crippen molar-refractivity contribution >= 4 is 5.91 Å². The first kappa shape index (κ1) is 52.0. The number of carbonyl (C=O) groups excluding carboxylic acids is 1. The first-order chi connectivity index (χ1) is 27.2. The summed E-state index contributed by atoms with van der Waals surface area (Å²) in [6.45, 7) is 4.20. The zero-order chi connectivity index (χ0) is 40.0. The predicted molar refractivity (Wildman–Crippen MR) is 243 cm³/mol. The molecule has 4 nitrogen and oxygen atoms in total. The van der Waals surface area contributed by atoms with Gasteiger partial charge in [0, 0.05) is 6.42 Å². The number of carbonyl (C=O) groups is 1. The number of allylic oxidation sites excluding steroid dienone is 18. The standard InChI is InChI=1S/C51H85NO3/c1-3-5-7-9-11-13-15-16-17-18-19-20-21-22-23-24-25-26-27-28-29-30-31-32-33-34-35-36-37-39-41-43-45-47-51(55)52-49(48-53)50(54)46-44-42-40-38-14-12-10-8-6-4-2/h5,7,11,13,16-17,19-20,22-23,25-26,28-29,31-32,34-35,49-50,53-54H,3-4,6,8-10,12,14-15,18,21,24,27,30,33,36-48H2,1-2H3,(H,52,55)/b7-5-,13-11-,17-16-,20-19-,23-22-,26-25-,29-28-,32-31-,35-34-. The molecule has 0 fully saturated rings. The van der Waals surface area contributed by atoms with E-state index >= 15 is 0 Å². The zero-order valence-electron chi connectivity index (χ0n) is 35.6. The van der Waals surface area contributed by atoms with E-state index in [1.54, 1.807) is 0 Å². The lowest BCUT2D eigenvalue weighted by molar-refractivity contribution is -0.123. The van der Waals surface area contributed by atoms with Crippen molar-refractivity contribution < 1.29 is 15.0 Å². The molecule has 1 amide bonds. The van der Waals surface area contributed by atoms with Crippen LogP contribution in [-0.2, 0) is 4.79 Å². The van der Waals surface area contributed by atoms with Crippen LogP contribution in [0.2, 0.25) is 0 Å². The Morgan fingerprint density at radius 3 is 1.20 bits per heavy atom. The first-order valence-corrected chi connectivity index (χ1v) is 22.6. The molecule has 0 radical (unpaired) electrons. The summed E-state index contributed by atoms with van der Waals surface area (Å²) in [5, 5.41) is 23.0. The van der Waals surface area contributed by atoms with Crippen LogP contribution in [0.25, 0.3) is 0 Å². The molecule has 0 spiro atoms. The lowest BCUT2D eigenvalue weighted by Crippen LogP contribution is -2.45. The minimum absolute atomic E-state index is 0.0578. The van der Waals surface area contributed by atoms with E-state index in [2.05, 4.69) is 129 Å². The number of aliphatic hydroxyl groups excluding tert-OH is 2. The average molecular weight is 760 g/mol. The molecule has 2 unspecified atom stereocenters. The lowest BCUT2D eigenvalue weighted by Gasteiger charge is -2.22. The van der Waals surface area contributed by atoms with E-state index in [1.807, 2.05) is 0 Å². The topological polar surface area (TPSA) is 69.6 Å². The molecule has 55 heavy (non-hydrogen) atoms. The van der Waals surface area contributed by atoms with Gasteiger partial charge in [0.05, 0.1) is 18.8 Å². The van der Waals surface area contributed by atoms with Crippen LogP contribution in [-0.4, -0.2) is 34.9 Å². The molecule has 0 saturated carbocycles. The highest BCUT2D eigenvalue weighted by molar-refractivity contribution is 5.76. The Kier molecular flexibility index (Phi) is 43.0. The van der Waals surface area contributed by atoms with Crippen LogP contribution in [0.4, 0.5) is 0 Å². The number of nitrogens with one attached hydrogen (secondary N) is 1. The molecule has 0 heterocycles. The van der Waals surface area contributed by atoms with Crippen LogP contribution in [0.15, 0.2) is 109 Å². The molecule has 0 aliphatic heterocycles. The molecule has 0 aromatic rings. The molecule has 3 N–H and O–H groups in total. The summed E-state index contributed by atoms with van der Waals surface area (Å²) >= 11 is 0. The van der Waals surface area contributed by atoms with Gasteiger partial charge in [-0.25, -0.2) is 0 Å². The third kappa shape index (κ3) is 42.0. The van der Waals surface area contributed by atoms with Crippen molar-refractivity contribution in [3.63, 3.8) is 0 Å². The fraction of sp³-hybridized carbons (Fsp3) is 0.627. The number of rotatable bonds is 39. The van der Waals surface area contributed by atoms with E-state index in [0.717, 1.165) is 96.3 Å². The number of unbranched alkanes of at least 4 members (excludes halogenated alkanes) is 14. The van der Waals surface area contributed by atoms with Gasteiger partial charge in [-0.15, -0.1) is 0 Å². The Morgan fingerprint density at radius 1 is 0.455 bits per heavy atom. The molecule has 312 valence electrons. The van der Waals surface area contributed by atoms with Gasteiger partial charge >= 0.3 is 0 Å². The second kappa shape index (κ2) is 45.4. The fourth-order valence-corrected chi connectivity index (χ4v) is 6.12.